The summed E-state index contributed by atoms with van der Waals surface area (Å²) in [6, 6.07) is 5.45. The highest BCUT2D eigenvalue weighted by Crippen LogP contribution is 2.51. The molecule has 2 atom stereocenters. The Kier molecular flexibility index (Phi) is 6.35. The van der Waals surface area contributed by atoms with Gasteiger partial charge in [0, 0.05) is 11.9 Å². The number of aromatic nitrogens is 3. The van der Waals surface area contributed by atoms with Gasteiger partial charge in [0.25, 0.3) is 0 Å². The molecule has 3 N–H and O–H groups in total. The van der Waals surface area contributed by atoms with Crippen LogP contribution in [0.5, 0.6) is 0 Å². The zero-order valence-corrected chi connectivity index (χ0v) is 20.2. The van der Waals surface area contributed by atoms with Gasteiger partial charge < -0.3 is 15.5 Å². The Labute approximate surface area is 204 Å². The van der Waals surface area contributed by atoms with Crippen LogP contribution < -0.4 is 5.32 Å². The first kappa shape index (κ1) is 25.1. The number of carboxylic acids is 1. The molecular formula is C24H25F3N4O3S. The van der Waals surface area contributed by atoms with Crippen LogP contribution in [0.25, 0.3) is 10.4 Å². The lowest BCUT2D eigenvalue weighted by atomic mass is 9.63. The predicted octanol–water partition coefficient (Wildman–Crippen LogP) is 5.77. The molecule has 0 amide bonds. The molecule has 11 heteroatoms. The topological polar surface area (TPSA) is 108 Å². The minimum absolute atomic E-state index is 0.0342. The molecule has 4 rings (SSSR count). The molecule has 1 aromatic carbocycles. The van der Waals surface area contributed by atoms with Crippen molar-refractivity contribution in [1.29, 1.82) is 0 Å². The molecule has 1 aliphatic carbocycles. The monoisotopic (exact) mass is 506 g/mol. The molecule has 0 unspecified atom stereocenters. The summed E-state index contributed by atoms with van der Waals surface area (Å²) in [5.41, 5.74) is -0.741. The van der Waals surface area contributed by atoms with E-state index in [1.807, 2.05) is 26.8 Å². The fraction of sp³-hybridized carbons (Fsp3) is 0.417. The van der Waals surface area contributed by atoms with Crippen LogP contribution in [0.4, 0.5) is 24.7 Å². The third kappa shape index (κ3) is 5.30. The average Bonchev–Trinajstić information content (AvgIpc) is 3.23. The van der Waals surface area contributed by atoms with Crippen LogP contribution >= 0.6 is 11.3 Å². The molecule has 35 heavy (non-hydrogen) atoms. The van der Waals surface area contributed by atoms with Crippen molar-refractivity contribution in [2.75, 3.05) is 5.32 Å². The van der Waals surface area contributed by atoms with Crippen molar-refractivity contribution >= 4 is 28.8 Å². The molecule has 0 radical (unpaired) electrons. The lowest BCUT2D eigenvalue weighted by Gasteiger charge is -2.44. The van der Waals surface area contributed by atoms with Gasteiger partial charge in [-0.25, -0.2) is 9.97 Å². The number of nitrogens with one attached hydrogen (secondary N) is 1. The van der Waals surface area contributed by atoms with Crippen LogP contribution in [-0.4, -0.2) is 31.1 Å². The summed E-state index contributed by atoms with van der Waals surface area (Å²) in [6.07, 6.45) is -0.135. The highest BCUT2D eigenvalue weighted by Gasteiger charge is 2.49. The maximum absolute atomic E-state index is 13.0. The van der Waals surface area contributed by atoms with Crippen molar-refractivity contribution in [1.82, 2.24) is 15.0 Å². The van der Waals surface area contributed by atoms with E-state index in [0.717, 1.165) is 16.0 Å². The fourth-order valence-electron chi connectivity index (χ4n) is 4.71. The number of halogens is 3. The zero-order chi connectivity index (χ0) is 25.6. The van der Waals surface area contributed by atoms with Gasteiger partial charge in [0.1, 0.15) is 16.4 Å². The standard InChI is InChI=1S/C24H25F3N4O3S/c1-13-6-14(8-15(7-13)30-19-11-28-10-18(31-19)24(25,26)27)17-9-29-21(35-17)23(34)5-4-16(20(32)33)22(2,3)12-23/h6-11,16,34H,4-5,12H2,1-3H3,(H,30,31)(H,32,33)/t16-,23-/m0/s1. The number of hydrogen-bond acceptors (Lipinski definition) is 7. The third-order valence-corrected chi connectivity index (χ3v) is 7.54. The maximum atomic E-state index is 13.0. The normalized spacial score (nSPS) is 22.1. The van der Waals surface area contributed by atoms with Crippen molar-refractivity contribution in [2.45, 2.75) is 51.8 Å². The molecule has 3 aromatic rings. The number of aliphatic carboxylic acids is 1. The quantitative estimate of drug-likeness (QED) is 0.403. The number of rotatable bonds is 5. The molecule has 0 aliphatic heterocycles. The minimum atomic E-state index is -4.60. The van der Waals surface area contributed by atoms with Crippen LogP contribution in [0.3, 0.4) is 0 Å². The zero-order valence-electron chi connectivity index (χ0n) is 19.3. The summed E-state index contributed by atoms with van der Waals surface area (Å²) in [5, 5.41) is 24.3. The Morgan fingerprint density at radius 2 is 1.94 bits per heavy atom. The van der Waals surface area contributed by atoms with Gasteiger partial charge in [-0.15, -0.1) is 11.3 Å². The van der Waals surface area contributed by atoms with Gasteiger partial charge in [-0.05, 0) is 54.9 Å². The van der Waals surface area contributed by atoms with Crippen LogP contribution in [0, 0.1) is 18.3 Å². The molecule has 0 saturated heterocycles. The largest absolute Gasteiger partial charge is 0.481 e. The van der Waals surface area contributed by atoms with Crippen LogP contribution in [-0.2, 0) is 16.6 Å². The lowest BCUT2D eigenvalue weighted by Crippen LogP contribution is -2.44. The number of anilines is 2. The molecule has 7 nitrogen and oxygen atoms in total. The second-order valence-electron chi connectivity index (χ2n) is 9.66. The Balaban J connectivity index is 1.59. The van der Waals surface area contributed by atoms with Gasteiger partial charge in [-0.2, -0.15) is 13.2 Å². The SMILES string of the molecule is Cc1cc(Nc2cncc(C(F)(F)F)n2)cc(-c2cnc([C@]3(O)CC[C@@H](C(=O)O)C(C)(C)C3)s2)c1. The van der Waals surface area contributed by atoms with E-state index in [0.29, 0.717) is 29.7 Å². The smallest absolute Gasteiger partial charge is 0.434 e. The van der Waals surface area contributed by atoms with E-state index in [4.69, 9.17) is 0 Å². The molecular weight excluding hydrogens is 481 g/mol. The lowest BCUT2D eigenvalue weighted by molar-refractivity contribution is -0.154. The van der Waals surface area contributed by atoms with Crippen molar-refractivity contribution < 1.29 is 28.2 Å². The number of nitrogens with zero attached hydrogens (tertiary/aromatic N) is 3. The number of carbonyl (C=O) groups is 1. The second-order valence-corrected chi connectivity index (χ2v) is 10.7. The third-order valence-electron chi connectivity index (χ3n) is 6.30. The van der Waals surface area contributed by atoms with E-state index in [9.17, 15) is 28.2 Å². The minimum Gasteiger partial charge on any atom is -0.481 e. The van der Waals surface area contributed by atoms with E-state index in [1.54, 1.807) is 18.3 Å². The van der Waals surface area contributed by atoms with E-state index in [1.165, 1.54) is 17.5 Å². The number of benzene rings is 1. The molecule has 1 saturated carbocycles. The molecule has 0 bridgehead atoms. The number of thiazole rings is 1. The molecule has 186 valence electrons. The number of aliphatic hydroxyl groups is 1. The van der Waals surface area contributed by atoms with Crippen molar-refractivity contribution in [3.63, 3.8) is 0 Å². The van der Waals surface area contributed by atoms with Gasteiger partial charge >= 0.3 is 12.1 Å². The number of alkyl halides is 3. The molecule has 2 aromatic heterocycles. The number of aryl methyl sites for hydroxylation is 1. The molecule has 1 fully saturated rings. The highest BCUT2D eigenvalue weighted by molar-refractivity contribution is 7.15. The molecule has 2 heterocycles. The number of hydrogen-bond donors (Lipinski definition) is 3. The summed E-state index contributed by atoms with van der Waals surface area (Å²) in [4.78, 5) is 24.1. The summed E-state index contributed by atoms with van der Waals surface area (Å²) in [6.45, 7) is 5.55. The Morgan fingerprint density at radius 1 is 1.20 bits per heavy atom. The Hall–Kier alpha value is -3.05. The van der Waals surface area contributed by atoms with Gasteiger partial charge in [0.05, 0.1) is 23.2 Å². The Bertz CT molecular complexity index is 1260. The highest BCUT2D eigenvalue weighted by atomic mass is 32.1. The van der Waals surface area contributed by atoms with Gasteiger partial charge in [-0.3, -0.25) is 9.78 Å². The predicted molar refractivity (Wildman–Crippen MR) is 125 cm³/mol. The van der Waals surface area contributed by atoms with Crippen LogP contribution in [0.2, 0.25) is 0 Å². The molecule has 0 spiro atoms. The second kappa shape index (κ2) is 8.87. The van der Waals surface area contributed by atoms with E-state index < -0.39 is 34.8 Å². The van der Waals surface area contributed by atoms with Crippen molar-refractivity contribution in [2.24, 2.45) is 11.3 Å². The van der Waals surface area contributed by atoms with Gasteiger partial charge in [-0.1, -0.05) is 19.9 Å². The van der Waals surface area contributed by atoms with Crippen LogP contribution in [0.15, 0.2) is 36.8 Å². The average molecular weight is 507 g/mol. The first-order valence-corrected chi connectivity index (χ1v) is 11.8. The summed E-state index contributed by atoms with van der Waals surface area (Å²) in [5.74, 6) is -1.43. The van der Waals surface area contributed by atoms with Crippen molar-refractivity contribution in [3.05, 3.63) is 53.1 Å². The van der Waals surface area contributed by atoms with E-state index in [-0.39, 0.29) is 12.2 Å². The molecule has 1 aliphatic rings. The fourth-order valence-corrected chi connectivity index (χ4v) is 5.73. The maximum Gasteiger partial charge on any atom is 0.434 e. The van der Waals surface area contributed by atoms with Crippen LogP contribution in [0.1, 0.15) is 49.4 Å². The van der Waals surface area contributed by atoms with E-state index >= 15 is 0 Å². The summed E-state index contributed by atoms with van der Waals surface area (Å²) >= 11 is 1.32. The van der Waals surface area contributed by atoms with Gasteiger partial charge in [0.2, 0.25) is 0 Å². The first-order valence-electron chi connectivity index (χ1n) is 11.0. The van der Waals surface area contributed by atoms with Gasteiger partial charge in [0.15, 0.2) is 5.69 Å². The Morgan fingerprint density at radius 3 is 2.60 bits per heavy atom. The summed E-state index contributed by atoms with van der Waals surface area (Å²) in [7, 11) is 0. The summed E-state index contributed by atoms with van der Waals surface area (Å²) < 4.78 is 38.9. The first-order chi connectivity index (χ1) is 16.3. The van der Waals surface area contributed by atoms with E-state index in [2.05, 4.69) is 20.3 Å². The van der Waals surface area contributed by atoms with Crippen molar-refractivity contribution in [3.8, 4) is 10.4 Å². The number of carboxylic acid groups (broad SMARTS) is 1.